The minimum Gasteiger partial charge on any atom is -0.493 e. The third kappa shape index (κ3) is 2.50. The number of nitrogen functional groups attached to an aromatic ring is 2. The quantitative estimate of drug-likeness (QED) is 0.731. The predicted molar refractivity (Wildman–Crippen MR) is 92.3 cm³/mol. The van der Waals surface area contributed by atoms with Gasteiger partial charge in [0.25, 0.3) is 0 Å². The molecule has 1 saturated heterocycles. The van der Waals surface area contributed by atoms with Gasteiger partial charge in [0, 0.05) is 25.1 Å². The molecule has 0 saturated carbocycles. The van der Waals surface area contributed by atoms with Crippen molar-refractivity contribution >= 4 is 23.6 Å². The van der Waals surface area contributed by atoms with Gasteiger partial charge in [0.15, 0.2) is 0 Å². The predicted octanol–water partition coefficient (Wildman–Crippen LogP) is 0.783. The number of ether oxygens (including phenoxy) is 1. The van der Waals surface area contributed by atoms with Gasteiger partial charge < -0.3 is 26.2 Å². The highest BCUT2D eigenvalue weighted by molar-refractivity contribution is 5.78. The Morgan fingerprint density at radius 3 is 2.88 bits per heavy atom. The van der Waals surface area contributed by atoms with Gasteiger partial charge in [-0.15, -0.1) is 0 Å². The Bertz CT molecular complexity index is 823. The molecule has 3 heterocycles. The largest absolute Gasteiger partial charge is 0.493 e. The highest BCUT2D eigenvalue weighted by atomic mass is 16.5. The van der Waals surface area contributed by atoms with E-state index in [-0.39, 0.29) is 17.7 Å². The number of aromatic nitrogens is 2. The number of rotatable bonds is 2. The second kappa shape index (κ2) is 5.51. The number of fused-ring (bicyclic) bond motifs is 2. The van der Waals surface area contributed by atoms with Crippen LogP contribution in [-0.4, -0.2) is 40.7 Å². The number of nitrogens with two attached hydrogens (primary N) is 2. The van der Waals surface area contributed by atoms with E-state index in [2.05, 4.69) is 9.97 Å². The summed E-state index contributed by atoms with van der Waals surface area (Å²) in [6.45, 7) is 1.17. The number of para-hydroxylation sites is 1. The van der Waals surface area contributed by atoms with E-state index in [0.29, 0.717) is 31.9 Å². The van der Waals surface area contributed by atoms with Crippen LogP contribution in [0, 0.1) is 11.3 Å². The lowest BCUT2D eigenvalue weighted by atomic mass is 9.74. The molecule has 0 amide bonds. The van der Waals surface area contributed by atoms with E-state index in [0.717, 1.165) is 11.3 Å². The van der Waals surface area contributed by atoms with Gasteiger partial charge in [-0.25, -0.2) is 0 Å². The smallest absolute Gasteiger partial charge is 0.312 e. The first-order valence-electron chi connectivity index (χ1n) is 8.07. The molecule has 2 aliphatic heterocycles. The molecule has 0 spiro atoms. The van der Waals surface area contributed by atoms with Gasteiger partial charge in [-0.1, -0.05) is 18.2 Å². The maximum absolute atomic E-state index is 12.3. The lowest BCUT2D eigenvalue weighted by Gasteiger charge is -2.27. The molecule has 1 fully saturated rings. The molecule has 2 aromatic rings. The molecular formula is C17H19N5O3. The van der Waals surface area contributed by atoms with Crippen molar-refractivity contribution in [2.75, 3.05) is 36.1 Å². The van der Waals surface area contributed by atoms with Gasteiger partial charge in [0.1, 0.15) is 17.4 Å². The van der Waals surface area contributed by atoms with Crippen molar-refractivity contribution in [3.8, 4) is 5.75 Å². The zero-order chi connectivity index (χ0) is 17.6. The number of anilines is 3. The van der Waals surface area contributed by atoms with Crippen LogP contribution in [0.1, 0.15) is 5.56 Å². The Balaban J connectivity index is 1.72. The van der Waals surface area contributed by atoms with Crippen molar-refractivity contribution < 1.29 is 14.6 Å². The molecule has 2 aliphatic rings. The fourth-order valence-electron chi connectivity index (χ4n) is 3.83. The summed E-state index contributed by atoms with van der Waals surface area (Å²) in [7, 11) is 0. The fourth-order valence-corrected chi connectivity index (χ4v) is 3.83. The van der Waals surface area contributed by atoms with Crippen molar-refractivity contribution in [1.29, 1.82) is 0 Å². The average molecular weight is 341 g/mol. The van der Waals surface area contributed by atoms with Gasteiger partial charge in [0.2, 0.25) is 5.95 Å². The van der Waals surface area contributed by atoms with Crippen LogP contribution in [-0.2, 0) is 11.2 Å². The zero-order valence-electron chi connectivity index (χ0n) is 13.6. The Hall–Kier alpha value is -3.03. The number of carbonyl (C=O) groups is 1. The van der Waals surface area contributed by atoms with Crippen LogP contribution in [0.5, 0.6) is 5.75 Å². The summed E-state index contributed by atoms with van der Waals surface area (Å²) >= 11 is 0. The molecule has 2 atom stereocenters. The second-order valence-corrected chi connectivity index (χ2v) is 6.64. The first-order valence-corrected chi connectivity index (χ1v) is 8.07. The standard InChI is InChI=1S/C17H19N5O3/c18-13-5-14(21-16(19)20-13)22-7-11-8-25-12-4-2-1-3-10(12)6-17(11,9-22)15(23)24/h1-5,11H,6-9H2,(H,23,24)(H4,18,19,20,21)/t11-,17+/m0/s1. The fraction of sp³-hybridized carbons (Fsp3) is 0.353. The van der Waals surface area contributed by atoms with Crippen LogP contribution in [0.15, 0.2) is 30.3 Å². The van der Waals surface area contributed by atoms with Crippen LogP contribution in [0.3, 0.4) is 0 Å². The third-order valence-electron chi connectivity index (χ3n) is 5.11. The van der Waals surface area contributed by atoms with E-state index in [1.807, 2.05) is 29.2 Å². The zero-order valence-corrected chi connectivity index (χ0v) is 13.6. The van der Waals surface area contributed by atoms with Crippen molar-refractivity contribution in [3.63, 3.8) is 0 Å². The summed E-state index contributed by atoms with van der Waals surface area (Å²) in [5.41, 5.74) is 11.4. The second-order valence-electron chi connectivity index (χ2n) is 6.64. The molecule has 0 aliphatic carbocycles. The number of carboxylic acids is 1. The van der Waals surface area contributed by atoms with Gasteiger partial charge in [-0.3, -0.25) is 4.79 Å². The summed E-state index contributed by atoms with van der Waals surface area (Å²) in [6, 6.07) is 9.22. The number of hydrogen-bond acceptors (Lipinski definition) is 7. The summed E-state index contributed by atoms with van der Waals surface area (Å²) in [5.74, 6) is 0.658. The van der Waals surface area contributed by atoms with Crippen molar-refractivity contribution in [3.05, 3.63) is 35.9 Å². The lowest BCUT2D eigenvalue weighted by Crippen LogP contribution is -2.42. The Morgan fingerprint density at radius 2 is 2.12 bits per heavy atom. The molecule has 130 valence electrons. The van der Waals surface area contributed by atoms with E-state index in [1.165, 1.54) is 0 Å². The Kier molecular flexibility index (Phi) is 3.41. The summed E-state index contributed by atoms with van der Waals surface area (Å²) in [4.78, 5) is 22.3. The third-order valence-corrected chi connectivity index (χ3v) is 5.11. The first-order chi connectivity index (χ1) is 12.0. The molecule has 0 radical (unpaired) electrons. The molecule has 0 bridgehead atoms. The van der Waals surface area contributed by atoms with Gasteiger partial charge >= 0.3 is 5.97 Å². The van der Waals surface area contributed by atoms with Crippen LogP contribution >= 0.6 is 0 Å². The number of hydrogen-bond donors (Lipinski definition) is 3. The van der Waals surface area contributed by atoms with E-state index in [4.69, 9.17) is 16.2 Å². The molecule has 25 heavy (non-hydrogen) atoms. The molecule has 1 aromatic carbocycles. The Labute approximate surface area is 144 Å². The topological polar surface area (TPSA) is 128 Å². The van der Waals surface area contributed by atoms with Crippen molar-refractivity contribution in [2.24, 2.45) is 11.3 Å². The molecule has 4 rings (SSSR count). The summed E-state index contributed by atoms with van der Waals surface area (Å²) < 4.78 is 5.90. The maximum Gasteiger partial charge on any atom is 0.312 e. The van der Waals surface area contributed by atoms with Gasteiger partial charge in [0.05, 0.1) is 12.0 Å². The molecular weight excluding hydrogens is 322 g/mol. The van der Waals surface area contributed by atoms with E-state index < -0.39 is 11.4 Å². The highest BCUT2D eigenvalue weighted by Gasteiger charge is 2.54. The Morgan fingerprint density at radius 1 is 1.32 bits per heavy atom. The highest BCUT2D eigenvalue weighted by Crippen LogP contribution is 2.45. The maximum atomic E-state index is 12.3. The van der Waals surface area contributed by atoms with Gasteiger partial charge in [-0.2, -0.15) is 9.97 Å². The molecule has 8 heteroatoms. The van der Waals surface area contributed by atoms with Gasteiger partial charge in [-0.05, 0) is 18.1 Å². The molecule has 1 aromatic heterocycles. The number of nitrogens with zero attached hydrogens (tertiary/aromatic N) is 3. The van der Waals surface area contributed by atoms with E-state index in [1.54, 1.807) is 6.07 Å². The van der Waals surface area contributed by atoms with E-state index >= 15 is 0 Å². The van der Waals surface area contributed by atoms with Crippen LogP contribution < -0.4 is 21.1 Å². The minimum absolute atomic E-state index is 0.0769. The van der Waals surface area contributed by atoms with Crippen molar-refractivity contribution in [2.45, 2.75) is 6.42 Å². The number of benzene rings is 1. The minimum atomic E-state index is -0.943. The molecule has 5 N–H and O–H groups in total. The van der Waals surface area contributed by atoms with Crippen LogP contribution in [0.4, 0.5) is 17.6 Å². The molecule has 8 nitrogen and oxygen atoms in total. The monoisotopic (exact) mass is 341 g/mol. The normalized spacial score (nSPS) is 24.8. The first kappa shape index (κ1) is 15.5. The lowest BCUT2D eigenvalue weighted by molar-refractivity contribution is -0.150. The molecule has 0 unspecified atom stereocenters. The average Bonchev–Trinajstić information content (AvgIpc) is 2.85. The van der Waals surface area contributed by atoms with E-state index in [9.17, 15) is 9.90 Å². The number of aliphatic carboxylic acids is 1. The van der Waals surface area contributed by atoms with Crippen molar-refractivity contribution in [1.82, 2.24) is 9.97 Å². The number of carboxylic acid groups (broad SMARTS) is 1. The summed E-state index contributed by atoms with van der Waals surface area (Å²) in [5, 5.41) is 10.1. The van der Waals surface area contributed by atoms with Crippen LogP contribution in [0.2, 0.25) is 0 Å². The SMILES string of the molecule is Nc1cc(N2C[C@H]3COc4ccccc4C[C@@]3(C(=O)O)C2)nc(N)n1. The van der Waals surface area contributed by atoms with Crippen LogP contribution in [0.25, 0.3) is 0 Å². The summed E-state index contributed by atoms with van der Waals surface area (Å²) in [6.07, 6.45) is 0.412.